The summed E-state index contributed by atoms with van der Waals surface area (Å²) >= 11 is 3.60. The first-order valence-corrected chi connectivity index (χ1v) is 8.28. The number of benzene rings is 1. The second kappa shape index (κ2) is 6.92. The number of amides is 1. The summed E-state index contributed by atoms with van der Waals surface area (Å²) in [5.41, 5.74) is 1.31. The highest BCUT2D eigenvalue weighted by molar-refractivity contribution is 9.10. The van der Waals surface area contributed by atoms with E-state index < -0.39 is 0 Å². The van der Waals surface area contributed by atoms with Gasteiger partial charge in [-0.15, -0.1) is 5.10 Å². The van der Waals surface area contributed by atoms with Crippen LogP contribution in [0.2, 0.25) is 0 Å². The third kappa shape index (κ3) is 3.59. The monoisotopic (exact) mass is 373 g/mol. The third-order valence-corrected chi connectivity index (χ3v) is 4.85. The molecule has 23 heavy (non-hydrogen) atoms. The van der Waals surface area contributed by atoms with Gasteiger partial charge in [-0.3, -0.25) is 4.79 Å². The van der Waals surface area contributed by atoms with Gasteiger partial charge >= 0.3 is 0 Å². The Morgan fingerprint density at radius 2 is 2.09 bits per heavy atom. The molecule has 1 fully saturated rings. The van der Waals surface area contributed by atoms with Crippen molar-refractivity contribution in [1.29, 1.82) is 5.26 Å². The predicted octanol–water partition coefficient (Wildman–Crippen LogP) is 2.32. The zero-order chi connectivity index (χ0) is 16.2. The Morgan fingerprint density at radius 1 is 1.35 bits per heavy atom. The number of hydrogen-bond donors (Lipinski definition) is 0. The van der Waals surface area contributed by atoms with E-state index in [-0.39, 0.29) is 18.3 Å². The maximum atomic E-state index is 12.3. The molecule has 0 unspecified atom stereocenters. The summed E-state index contributed by atoms with van der Waals surface area (Å²) < 4.78 is 2.55. The standard InChI is InChI=1S/C16H16BrN5O/c17-14-4-2-1-3-13(14)12-5-7-21(8-6-12)16(23)10-22-11-19-15(9-18)20-22/h1-4,11-12H,5-8,10H2. The number of halogens is 1. The number of aromatic nitrogens is 3. The number of nitrogens with zero attached hydrogens (tertiary/aromatic N) is 5. The molecule has 1 aromatic carbocycles. The largest absolute Gasteiger partial charge is 0.341 e. The molecule has 3 rings (SSSR count). The Kier molecular flexibility index (Phi) is 4.72. The maximum Gasteiger partial charge on any atom is 0.252 e. The van der Waals surface area contributed by atoms with E-state index in [4.69, 9.17) is 5.26 Å². The van der Waals surface area contributed by atoms with Crippen molar-refractivity contribution in [2.24, 2.45) is 0 Å². The van der Waals surface area contributed by atoms with E-state index in [9.17, 15) is 4.79 Å². The van der Waals surface area contributed by atoms with Crippen molar-refractivity contribution in [1.82, 2.24) is 19.7 Å². The smallest absolute Gasteiger partial charge is 0.252 e. The highest BCUT2D eigenvalue weighted by Gasteiger charge is 2.25. The van der Waals surface area contributed by atoms with Gasteiger partial charge in [-0.2, -0.15) is 5.26 Å². The Hall–Kier alpha value is -2.20. The summed E-state index contributed by atoms with van der Waals surface area (Å²) in [5.74, 6) is 0.585. The van der Waals surface area contributed by atoms with E-state index in [0.29, 0.717) is 5.92 Å². The van der Waals surface area contributed by atoms with Crippen LogP contribution in [-0.4, -0.2) is 38.7 Å². The lowest BCUT2D eigenvalue weighted by Gasteiger charge is -2.32. The van der Waals surface area contributed by atoms with Crippen LogP contribution in [0.1, 0.15) is 30.1 Å². The average Bonchev–Trinajstić information content (AvgIpc) is 3.03. The van der Waals surface area contributed by atoms with Crippen LogP contribution in [0.15, 0.2) is 35.1 Å². The number of likely N-dealkylation sites (tertiary alicyclic amines) is 1. The topological polar surface area (TPSA) is 74.8 Å². The molecule has 118 valence electrons. The molecule has 0 radical (unpaired) electrons. The Bertz CT molecular complexity index is 743. The van der Waals surface area contributed by atoms with Gasteiger partial charge in [0.1, 0.15) is 18.9 Å². The van der Waals surface area contributed by atoms with Gasteiger partial charge in [0.25, 0.3) is 5.82 Å². The molecule has 6 nitrogen and oxygen atoms in total. The minimum absolute atomic E-state index is 0.0185. The van der Waals surface area contributed by atoms with Crippen LogP contribution in [0.5, 0.6) is 0 Å². The predicted molar refractivity (Wildman–Crippen MR) is 87.4 cm³/mol. The maximum absolute atomic E-state index is 12.3. The normalized spacial score (nSPS) is 15.4. The van der Waals surface area contributed by atoms with Crippen LogP contribution >= 0.6 is 15.9 Å². The average molecular weight is 374 g/mol. The molecule has 0 saturated carbocycles. The number of piperidine rings is 1. The van der Waals surface area contributed by atoms with E-state index in [0.717, 1.165) is 30.4 Å². The number of rotatable bonds is 3. The summed E-state index contributed by atoms with van der Waals surface area (Å²) in [7, 11) is 0. The van der Waals surface area contributed by atoms with Crippen molar-refractivity contribution in [3.05, 3.63) is 46.5 Å². The van der Waals surface area contributed by atoms with Crippen molar-refractivity contribution in [3.63, 3.8) is 0 Å². The van der Waals surface area contributed by atoms with Crippen LogP contribution in [-0.2, 0) is 11.3 Å². The second-order valence-corrected chi connectivity index (χ2v) is 6.41. The SMILES string of the molecule is N#Cc1ncn(CC(=O)N2CCC(c3ccccc3Br)CC2)n1. The fourth-order valence-electron chi connectivity index (χ4n) is 2.91. The lowest BCUT2D eigenvalue weighted by molar-refractivity contribution is -0.133. The summed E-state index contributed by atoms with van der Waals surface area (Å²) in [4.78, 5) is 18.0. The van der Waals surface area contributed by atoms with Gasteiger partial charge in [-0.25, -0.2) is 9.67 Å². The first-order chi connectivity index (χ1) is 11.2. The Labute approximate surface area is 142 Å². The molecule has 1 aliphatic rings. The van der Waals surface area contributed by atoms with Crippen molar-refractivity contribution in [2.75, 3.05) is 13.1 Å². The zero-order valence-corrected chi connectivity index (χ0v) is 14.1. The molecule has 1 amide bonds. The number of carbonyl (C=O) groups excluding carboxylic acids is 1. The highest BCUT2D eigenvalue weighted by Crippen LogP contribution is 2.32. The van der Waals surface area contributed by atoms with E-state index in [2.05, 4.69) is 44.2 Å². The number of carbonyl (C=O) groups is 1. The minimum atomic E-state index is 0.0185. The summed E-state index contributed by atoms with van der Waals surface area (Å²) in [6.07, 6.45) is 3.33. The molecule has 0 spiro atoms. The first-order valence-electron chi connectivity index (χ1n) is 7.49. The first kappa shape index (κ1) is 15.7. The van der Waals surface area contributed by atoms with Gasteiger partial charge in [0.2, 0.25) is 5.91 Å². The van der Waals surface area contributed by atoms with E-state index in [1.807, 2.05) is 17.0 Å². The molecule has 0 aliphatic carbocycles. The van der Waals surface area contributed by atoms with E-state index >= 15 is 0 Å². The molecular weight excluding hydrogens is 358 g/mol. The lowest BCUT2D eigenvalue weighted by atomic mass is 9.89. The molecule has 1 aliphatic heterocycles. The van der Waals surface area contributed by atoms with Crippen LogP contribution in [0.3, 0.4) is 0 Å². The van der Waals surface area contributed by atoms with Gasteiger partial charge in [-0.1, -0.05) is 34.1 Å². The van der Waals surface area contributed by atoms with Gasteiger partial charge in [0.05, 0.1) is 0 Å². The summed E-state index contributed by atoms with van der Waals surface area (Å²) in [5, 5.41) is 12.6. The molecular formula is C16H16BrN5O. The third-order valence-electron chi connectivity index (χ3n) is 4.13. The molecule has 0 bridgehead atoms. The van der Waals surface area contributed by atoms with E-state index in [1.54, 1.807) is 0 Å². The van der Waals surface area contributed by atoms with Crippen LogP contribution in [0.4, 0.5) is 0 Å². The number of hydrogen-bond acceptors (Lipinski definition) is 4. The van der Waals surface area contributed by atoms with Gasteiger partial charge < -0.3 is 4.90 Å². The van der Waals surface area contributed by atoms with Crippen LogP contribution in [0, 0.1) is 11.3 Å². The molecule has 2 heterocycles. The Balaban J connectivity index is 1.57. The molecule has 0 N–H and O–H groups in total. The molecule has 1 aromatic heterocycles. The second-order valence-electron chi connectivity index (χ2n) is 5.55. The molecule has 0 atom stereocenters. The molecule has 1 saturated heterocycles. The van der Waals surface area contributed by atoms with Crippen molar-refractivity contribution in [3.8, 4) is 6.07 Å². The van der Waals surface area contributed by atoms with Crippen LogP contribution < -0.4 is 0 Å². The molecule has 2 aromatic rings. The lowest BCUT2D eigenvalue weighted by Crippen LogP contribution is -2.39. The fourth-order valence-corrected chi connectivity index (χ4v) is 3.52. The van der Waals surface area contributed by atoms with Crippen molar-refractivity contribution in [2.45, 2.75) is 25.3 Å². The Morgan fingerprint density at radius 3 is 2.74 bits per heavy atom. The summed E-state index contributed by atoms with van der Waals surface area (Å²) in [6, 6.07) is 10.1. The van der Waals surface area contributed by atoms with Gasteiger partial charge in [0.15, 0.2) is 0 Å². The number of nitriles is 1. The molecule has 7 heteroatoms. The van der Waals surface area contributed by atoms with Gasteiger partial charge in [-0.05, 0) is 30.4 Å². The van der Waals surface area contributed by atoms with Gasteiger partial charge in [0, 0.05) is 17.6 Å². The zero-order valence-electron chi connectivity index (χ0n) is 12.5. The van der Waals surface area contributed by atoms with Crippen LogP contribution in [0.25, 0.3) is 0 Å². The fraction of sp³-hybridized carbons (Fsp3) is 0.375. The van der Waals surface area contributed by atoms with Crippen molar-refractivity contribution < 1.29 is 4.79 Å². The quantitative estimate of drug-likeness (QED) is 0.827. The van der Waals surface area contributed by atoms with E-state index in [1.165, 1.54) is 16.6 Å². The highest BCUT2D eigenvalue weighted by atomic mass is 79.9. The van der Waals surface area contributed by atoms with Crippen molar-refractivity contribution >= 4 is 21.8 Å². The summed E-state index contributed by atoms with van der Waals surface area (Å²) in [6.45, 7) is 1.61. The minimum Gasteiger partial charge on any atom is -0.341 e.